The summed E-state index contributed by atoms with van der Waals surface area (Å²) in [6, 6.07) is 6.09. The fraction of sp³-hybridized carbons (Fsp3) is 0.263. The van der Waals surface area contributed by atoms with Crippen molar-refractivity contribution in [2.24, 2.45) is 17.2 Å². The highest BCUT2D eigenvalue weighted by molar-refractivity contribution is 5.85. The van der Waals surface area contributed by atoms with Crippen LogP contribution in [0.25, 0.3) is 0 Å². The second kappa shape index (κ2) is 13.0. The van der Waals surface area contributed by atoms with E-state index in [1.165, 1.54) is 24.3 Å². The van der Waals surface area contributed by atoms with Gasteiger partial charge in [0.15, 0.2) is 0 Å². The van der Waals surface area contributed by atoms with Crippen molar-refractivity contribution in [3.8, 4) is 0 Å². The molecule has 0 fully saturated rings. The Morgan fingerprint density at radius 3 is 1.48 bits per heavy atom. The Labute approximate surface area is 191 Å². The summed E-state index contributed by atoms with van der Waals surface area (Å²) < 4.78 is 78.2. The first-order valence-corrected chi connectivity index (χ1v) is 8.41. The molecular weight excluding hydrogens is 482 g/mol. The minimum Gasteiger partial charge on any atom is -0.468 e. The van der Waals surface area contributed by atoms with Gasteiger partial charge in [-0.3, -0.25) is 9.59 Å². The third-order valence-electron chi connectivity index (χ3n) is 3.91. The molecule has 0 aliphatic rings. The zero-order valence-corrected chi connectivity index (χ0v) is 17.9. The smallest absolute Gasteiger partial charge is 0.416 e. The largest absolute Gasteiger partial charge is 0.468 e. The van der Waals surface area contributed by atoms with Gasteiger partial charge in [-0.2, -0.15) is 26.3 Å². The Morgan fingerprint density at radius 2 is 1.18 bits per heavy atom. The summed E-state index contributed by atoms with van der Waals surface area (Å²) in [5.41, 5.74) is 14.0. The quantitative estimate of drug-likeness (QED) is 0.367. The number of hydrogen-bond acceptors (Lipinski definition) is 6. The van der Waals surface area contributed by atoms with Crippen molar-refractivity contribution in [2.45, 2.75) is 24.4 Å². The van der Waals surface area contributed by atoms with Gasteiger partial charge < -0.3 is 28.1 Å². The summed E-state index contributed by atoms with van der Waals surface area (Å²) >= 11 is 0. The predicted molar refractivity (Wildman–Crippen MR) is 110 cm³/mol. The van der Waals surface area contributed by atoms with E-state index >= 15 is 0 Å². The highest BCUT2D eigenvalue weighted by Gasteiger charge is 2.32. The Morgan fingerprint density at radius 1 is 0.818 bits per heavy atom. The molecule has 0 bridgehead atoms. The van der Waals surface area contributed by atoms with Crippen LogP contribution in [0.4, 0.5) is 26.3 Å². The maximum Gasteiger partial charge on any atom is 0.416 e. The van der Waals surface area contributed by atoms with Crippen LogP contribution in [-0.4, -0.2) is 19.0 Å². The normalized spacial score (nSPS) is 12.6. The molecule has 2 rings (SSSR count). The van der Waals surface area contributed by atoms with Gasteiger partial charge in [-0.25, -0.2) is 0 Å². The lowest BCUT2D eigenvalue weighted by Gasteiger charge is -2.12. The standard InChI is InChI=1S/C10H10F3NO2.C9H9F3N2O.ClH.H3N/c1-16-9(15)8(14)6-3-2-4-7(5-6)10(11,12)13;10-9(11,12)6-3-1-2-5(4-6)7(13)8(14)15;;/h2-5,8H,14H2,1H3;1-4,7H,13H2,(H2,14,15);1H;1H3. The first-order valence-electron chi connectivity index (χ1n) is 8.41. The van der Waals surface area contributed by atoms with E-state index in [1.54, 1.807) is 0 Å². The van der Waals surface area contributed by atoms with E-state index in [9.17, 15) is 35.9 Å². The molecule has 0 radical (unpaired) electrons. The SMILES string of the molecule is COC(=O)C(N)c1cccc(C(F)(F)F)c1.Cl.N.NC(=O)C(N)c1cccc(C(F)(F)F)c1. The second-order valence-corrected chi connectivity index (χ2v) is 6.13. The molecule has 7 nitrogen and oxygen atoms in total. The highest BCUT2D eigenvalue weighted by Crippen LogP contribution is 2.31. The number of halogens is 7. The van der Waals surface area contributed by atoms with Gasteiger partial charge in [0.1, 0.15) is 12.1 Å². The molecule has 0 aromatic heterocycles. The summed E-state index contributed by atoms with van der Waals surface area (Å²) in [6.07, 6.45) is -8.90. The topological polar surface area (TPSA) is 156 Å². The van der Waals surface area contributed by atoms with Crippen molar-refractivity contribution in [3.63, 3.8) is 0 Å². The molecule has 2 aromatic rings. The average Bonchev–Trinajstić information content (AvgIpc) is 2.71. The Hall–Kier alpha value is -2.87. The molecule has 14 heteroatoms. The molecule has 0 saturated carbocycles. The molecule has 186 valence electrons. The zero-order chi connectivity index (χ0) is 24.0. The van der Waals surface area contributed by atoms with Crippen molar-refractivity contribution < 1.29 is 40.7 Å². The van der Waals surface area contributed by atoms with Gasteiger partial charge >= 0.3 is 18.3 Å². The Bertz CT molecular complexity index is 925. The van der Waals surface area contributed by atoms with E-state index in [0.717, 1.165) is 31.4 Å². The molecule has 1 amide bonds. The number of primary amides is 1. The lowest BCUT2D eigenvalue weighted by molar-refractivity contribution is -0.143. The van der Waals surface area contributed by atoms with Gasteiger partial charge in [0.25, 0.3) is 0 Å². The Balaban J connectivity index is 0. The van der Waals surface area contributed by atoms with Crippen molar-refractivity contribution in [3.05, 3.63) is 70.8 Å². The summed E-state index contributed by atoms with van der Waals surface area (Å²) in [6.45, 7) is 0. The van der Waals surface area contributed by atoms with E-state index in [0.29, 0.717) is 0 Å². The van der Waals surface area contributed by atoms with Crippen LogP contribution in [0.5, 0.6) is 0 Å². The number of amides is 1. The molecular formula is C19H23ClF6N4O3. The molecule has 2 atom stereocenters. The number of nitrogens with two attached hydrogens (primary N) is 3. The van der Waals surface area contributed by atoms with Crippen LogP contribution >= 0.6 is 12.4 Å². The van der Waals surface area contributed by atoms with Crippen LogP contribution in [0.1, 0.15) is 34.3 Å². The summed E-state index contributed by atoms with van der Waals surface area (Å²) in [5, 5.41) is 0. The van der Waals surface area contributed by atoms with Crippen LogP contribution in [0, 0.1) is 0 Å². The minimum absolute atomic E-state index is 0. The fourth-order valence-corrected chi connectivity index (χ4v) is 2.24. The van der Waals surface area contributed by atoms with Crippen LogP contribution in [0.2, 0.25) is 0 Å². The van der Waals surface area contributed by atoms with Crippen LogP contribution in [-0.2, 0) is 26.7 Å². The van der Waals surface area contributed by atoms with Crippen LogP contribution in [0.15, 0.2) is 48.5 Å². The van der Waals surface area contributed by atoms with Gasteiger partial charge in [0, 0.05) is 0 Å². The fourth-order valence-electron chi connectivity index (χ4n) is 2.24. The zero-order valence-electron chi connectivity index (χ0n) is 17.1. The molecule has 0 aliphatic carbocycles. The maximum atomic E-state index is 12.4. The molecule has 0 aliphatic heterocycles. The second-order valence-electron chi connectivity index (χ2n) is 6.13. The first-order chi connectivity index (χ1) is 14.2. The molecule has 0 heterocycles. The van der Waals surface area contributed by atoms with Crippen LogP contribution in [0.3, 0.4) is 0 Å². The van der Waals surface area contributed by atoms with Gasteiger partial charge in [0.2, 0.25) is 5.91 Å². The van der Waals surface area contributed by atoms with Gasteiger partial charge in [-0.15, -0.1) is 12.4 Å². The lowest BCUT2D eigenvalue weighted by atomic mass is 10.0. The molecule has 9 N–H and O–H groups in total. The minimum atomic E-state index is -4.45. The molecule has 0 saturated heterocycles. The summed E-state index contributed by atoms with van der Waals surface area (Å²) in [5.74, 6) is -1.64. The first kappa shape index (κ1) is 32.3. The summed E-state index contributed by atoms with van der Waals surface area (Å²) in [7, 11) is 1.12. The van der Waals surface area contributed by atoms with E-state index < -0.39 is 47.4 Å². The van der Waals surface area contributed by atoms with E-state index in [2.05, 4.69) is 4.74 Å². The third kappa shape index (κ3) is 9.65. The molecule has 0 spiro atoms. The van der Waals surface area contributed by atoms with E-state index in [4.69, 9.17) is 17.2 Å². The van der Waals surface area contributed by atoms with Gasteiger partial charge in [-0.05, 0) is 35.4 Å². The lowest BCUT2D eigenvalue weighted by Crippen LogP contribution is -2.28. The van der Waals surface area contributed by atoms with Crippen molar-refractivity contribution in [1.82, 2.24) is 6.15 Å². The number of esters is 1. The molecule has 2 unspecified atom stereocenters. The number of benzene rings is 2. The van der Waals surface area contributed by atoms with E-state index in [-0.39, 0.29) is 29.7 Å². The maximum absolute atomic E-state index is 12.4. The van der Waals surface area contributed by atoms with E-state index in [1.807, 2.05) is 0 Å². The van der Waals surface area contributed by atoms with Crippen molar-refractivity contribution >= 4 is 24.3 Å². The number of alkyl halides is 6. The summed E-state index contributed by atoms with van der Waals surface area (Å²) in [4.78, 5) is 21.7. The van der Waals surface area contributed by atoms with Crippen molar-refractivity contribution in [2.75, 3.05) is 7.11 Å². The average molecular weight is 505 g/mol. The number of carbonyl (C=O) groups excluding carboxylic acids is 2. The van der Waals surface area contributed by atoms with Gasteiger partial charge in [0.05, 0.1) is 18.2 Å². The highest BCUT2D eigenvalue weighted by atomic mass is 35.5. The molecule has 33 heavy (non-hydrogen) atoms. The molecule has 2 aromatic carbocycles. The van der Waals surface area contributed by atoms with Gasteiger partial charge in [-0.1, -0.05) is 24.3 Å². The third-order valence-corrected chi connectivity index (χ3v) is 3.91. The number of carbonyl (C=O) groups is 2. The monoisotopic (exact) mass is 504 g/mol. The number of rotatable bonds is 4. The predicted octanol–water partition coefficient (Wildman–Crippen LogP) is 3.65. The van der Waals surface area contributed by atoms with Crippen molar-refractivity contribution in [1.29, 1.82) is 0 Å². The Kier molecular flexibility index (Phi) is 12.7. The number of methoxy groups -OCH3 is 1. The number of ether oxygens (including phenoxy) is 1. The van der Waals surface area contributed by atoms with Crippen LogP contribution < -0.4 is 23.4 Å². The number of hydrogen-bond donors (Lipinski definition) is 4.